The van der Waals surface area contributed by atoms with Crippen LogP contribution < -0.4 is 5.32 Å². The molecule has 0 saturated carbocycles. The van der Waals surface area contributed by atoms with Gasteiger partial charge in [0.15, 0.2) is 5.16 Å². The fraction of sp³-hybridized carbons (Fsp3) is 0.111. The predicted molar refractivity (Wildman–Crippen MR) is 104 cm³/mol. The molecule has 0 amide bonds. The molecule has 0 radical (unpaired) electrons. The van der Waals surface area contributed by atoms with E-state index in [1.54, 1.807) is 6.07 Å². The van der Waals surface area contributed by atoms with Gasteiger partial charge in [-0.05, 0) is 49.9 Å². The standard InChI is InChI=1S/C18H15ClN6S/c1-10-3-4-12-8-13(5-6-14(12)20-10)26-18-21-15(19)9-16(23-18)22-17-7-11(2)24-25-17/h3-9H,1-2H3,(H2,21,22,23,24,25). The molecule has 0 fully saturated rings. The van der Waals surface area contributed by atoms with E-state index in [1.807, 2.05) is 38.1 Å². The smallest absolute Gasteiger partial charge is 0.195 e. The molecule has 0 saturated heterocycles. The lowest BCUT2D eigenvalue weighted by Gasteiger charge is -2.07. The second-order valence-electron chi connectivity index (χ2n) is 5.82. The zero-order valence-electron chi connectivity index (χ0n) is 14.1. The second-order valence-corrected chi connectivity index (χ2v) is 7.24. The number of aromatic nitrogens is 5. The lowest BCUT2D eigenvalue weighted by atomic mass is 10.2. The van der Waals surface area contributed by atoms with Crippen LogP contribution in [0.5, 0.6) is 0 Å². The molecule has 8 heteroatoms. The maximum atomic E-state index is 6.16. The molecule has 3 aromatic heterocycles. The van der Waals surface area contributed by atoms with E-state index in [0.717, 1.165) is 33.0 Å². The Kier molecular flexibility index (Phi) is 4.48. The third-order valence-electron chi connectivity index (χ3n) is 3.65. The van der Waals surface area contributed by atoms with Gasteiger partial charge in [-0.1, -0.05) is 17.7 Å². The van der Waals surface area contributed by atoms with Crippen LogP contribution >= 0.6 is 23.4 Å². The van der Waals surface area contributed by atoms with Crippen LogP contribution in [-0.2, 0) is 0 Å². The van der Waals surface area contributed by atoms with E-state index in [1.165, 1.54) is 11.8 Å². The summed E-state index contributed by atoms with van der Waals surface area (Å²) >= 11 is 7.61. The Morgan fingerprint density at radius 3 is 2.65 bits per heavy atom. The molecule has 6 nitrogen and oxygen atoms in total. The fourth-order valence-electron chi connectivity index (χ4n) is 2.50. The van der Waals surface area contributed by atoms with Gasteiger partial charge in [-0.15, -0.1) is 0 Å². The molecule has 4 rings (SSSR count). The number of hydrogen-bond acceptors (Lipinski definition) is 6. The van der Waals surface area contributed by atoms with E-state index in [2.05, 4.69) is 42.6 Å². The number of rotatable bonds is 4. The number of nitrogens with zero attached hydrogens (tertiary/aromatic N) is 4. The van der Waals surface area contributed by atoms with E-state index < -0.39 is 0 Å². The van der Waals surface area contributed by atoms with E-state index >= 15 is 0 Å². The predicted octanol–water partition coefficient (Wildman–Crippen LogP) is 4.91. The van der Waals surface area contributed by atoms with Crippen molar-refractivity contribution in [2.24, 2.45) is 0 Å². The molecule has 0 atom stereocenters. The van der Waals surface area contributed by atoms with Gasteiger partial charge in [0.2, 0.25) is 0 Å². The van der Waals surface area contributed by atoms with Gasteiger partial charge in [-0.2, -0.15) is 5.10 Å². The van der Waals surface area contributed by atoms with Gasteiger partial charge in [0, 0.05) is 28.1 Å². The Labute approximate surface area is 159 Å². The first-order valence-corrected chi connectivity index (χ1v) is 9.13. The van der Waals surface area contributed by atoms with Crippen molar-refractivity contribution in [1.82, 2.24) is 25.1 Å². The Bertz CT molecular complexity index is 1090. The number of H-pyrrole nitrogens is 1. The minimum absolute atomic E-state index is 0.374. The average Bonchev–Trinajstić information content (AvgIpc) is 2.99. The van der Waals surface area contributed by atoms with Gasteiger partial charge >= 0.3 is 0 Å². The van der Waals surface area contributed by atoms with Crippen LogP contribution in [0.25, 0.3) is 10.9 Å². The number of halogens is 1. The summed E-state index contributed by atoms with van der Waals surface area (Å²) in [7, 11) is 0. The highest BCUT2D eigenvalue weighted by Gasteiger charge is 2.08. The summed E-state index contributed by atoms with van der Waals surface area (Å²) in [5.41, 5.74) is 2.86. The number of pyridine rings is 1. The molecule has 0 unspecified atom stereocenters. The van der Waals surface area contributed by atoms with Crippen molar-refractivity contribution in [3.63, 3.8) is 0 Å². The summed E-state index contributed by atoms with van der Waals surface area (Å²) in [4.78, 5) is 14.4. The summed E-state index contributed by atoms with van der Waals surface area (Å²) in [5.74, 6) is 1.36. The summed E-state index contributed by atoms with van der Waals surface area (Å²) in [6.07, 6.45) is 0. The number of fused-ring (bicyclic) bond motifs is 1. The van der Waals surface area contributed by atoms with Crippen LogP contribution in [0.4, 0.5) is 11.6 Å². The molecule has 1 aromatic carbocycles. The summed E-state index contributed by atoms with van der Waals surface area (Å²) in [6.45, 7) is 3.89. The number of hydrogen-bond donors (Lipinski definition) is 2. The molecule has 0 aliphatic heterocycles. The number of benzene rings is 1. The molecule has 4 aromatic rings. The molecule has 130 valence electrons. The van der Waals surface area contributed by atoms with Gasteiger partial charge in [0.05, 0.1) is 11.2 Å². The lowest BCUT2D eigenvalue weighted by Crippen LogP contribution is -1.97. The van der Waals surface area contributed by atoms with Crippen LogP contribution in [0.2, 0.25) is 5.15 Å². The molecule has 26 heavy (non-hydrogen) atoms. The SMILES string of the molecule is Cc1cc(Nc2cc(Cl)nc(Sc3ccc4nc(C)ccc4c3)n2)[nH]n1. The van der Waals surface area contributed by atoms with Crippen molar-refractivity contribution in [2.45, 2.75) is 23.9 Å². The first-order chi connectivity index (χ1) is 12.5. The van der Waals surface area contributed by atoms with Gasteiger partial charge in [-0.25, -0.2) is 9.97 Å². The van der Waals surface area contributed by atoms with Gasteiger partial charge in [-0.3, -0.25) is 10.1 Å². The molecule has 2 N–H and O–H groups in total. The summed E-state index contributed by atoms with van der Waals surface area (Å²) in [6, 6.07) is 13.7. The van der Waals surface area contributed by atoms with Crippen LogP contribution in [0, 0.1) is 13.8 Å². The van der Waals surface area contributed by atoms with Crippen LogP contribution in [0.1, 0.15) is 11.4 Å². The topological polar surface area (TPSA) is 79.4 Å². The van der Waals surface area contributed by atoms with Gasteiger partial charge < -0.3 is 5.32 Å². The van der Waals surface area contributed by atoms with Crippen molar-refractivity contribution < 1.29 is 0 Å². The maximum absolute atomic E-state index is 6.16. The first-order valence-electron chi connectivity index (χ1n) is 7.94. The Balaban J connectivity index is 1.60. The lowest BCUT2D eigenvalue weighted by molar-refractivity contribution is 0.968. The maximum Gasteiger partial charge on any atom is 0.195 e. The number of aryl methyl sites for hydroxylation is 2. The third kappa shape index (κ3) is 3.79. The Morgan fingerprint density at radius 1 is 0.962 bits per heavy atom. The van der Waals surface area contributed by atoms with Crippen molar-refractivity contribution in [1.29, 1.82) is 0 Å². The Morgan fingerprint density at radius 2 is 1.85 bits per heavy atom. The average molecular weight is 383 g/mol. The largest absolute Gasteiger partial charge is 0.325 e. The molecule has 3 heterocycles. The van der Waals surface area contributed by atoms with Crippen molar-refractivity contribution in [3.8, 4) is 0 Å². The van der Waals surface area contributed by atoms with E-state index in [4.69, 9.17) is 11.6 Å². The monoisotopic (exact) mass is 382 g/mol. The first kappa shape index (κ1) is 16.8. The molecular formula is C18H15ClN6S. The van der Waals surface area contributed by atoms with Gasteiger partial charge in [0.25, 0.3) is 0 Å². The molecule has 0 aliphatic carbocycles. The van der Waals surface area contributed by atoms with Crippen molar-refractivity contribution in [3.05, 3.63) is 59.0 Å². The quantitative estimate of drug-likeness (QED) is 0.385. The highest BCUT2D eigenvalue weighted by atomic mass is 35.5. The summed E-state index contributed by atoms with van der Waals surface area (Å²) in [5, 5.41) is 12.1. The molecule has 0 bridgehead atoms. The van der Waals surface area contributed by atoms with E-state index in [9.17, 15) is 0 Å². The highest BCUT2D eigenvalue weighted by molar-refractivity contribution is 7.99. The minimum atomic E-state index is 0.374. The molecule has 0 spiro atoms. The van der Waals surface area contributed by atoms with Gasteiger partial charge in [0.1, 0.15) is 16.8 Å². The molecule has 0 aliphatic rings. The highest BCUT2D eigenvalue weighted by Crippen LogP contribution is 2.29. The van der Waals surface area contributed by atoms with E-state index in [0.29, 0.717) is 16.1 Å². The van der Waals surface area contributed by atoms with E-state index in [-0.39, 0.29) is 0 Å². The van der Waals surface area contributed by atoms with Crippen molar-refractivity contribution in [2.75, 3.05) is 5.32 Å². The normalized spacial score (nSPS) is 11.0. The summed E-state index contributed by atoms with van der Waals surface area (Å²) < 4.78 is 0. The zero-order valence-corrected chi connectivity index (χ0v) is 15.7. The Hall–Kier alpha value is -2.64. The number of nitrogens with one attached hydrogen (secondary N) is 2. The second kappa shape index (κ2) is 6.93. The van der Waals surface area contributed by atoms with Crippen LogP contribution in [0.3, 0.4) is 0 Å². The molecular weight excluding hydrogens is 368 g/mol. The van der Waals surface area contributed by atoms with Crippen LogP contribution in [0.15, 0.2) is 52.5 Å². The minimum Gasteiger partial charge on any atom is -0.325 e. The van der Waals surface area contributed by atoms with Crippen molar-refractivity contribution >= 4 is 45.9 Å². The number of aromatic amines is 1. The van der Waals surface area contributed by atoms with Crippen LogP contribution in [-0.4, -0.2) is 25.1 Å². The number of anilines is 2. The third-order valence-corrected chi connectivity index (χ3v) is 4.70. The zero-order chi connectivity index (χ0) is 18.1. The fourth-order valence-corrected chi connectivity index (χ4v) is 3.56.